The summed E-state index contributed by atoms with van der Waals surface area (Å²) in [6.45, 7) is 3.83. The average Bonchev–Trinajstić information content (AvgIpc) is 2.84. The van der Waals surface area contributed by atoms with Crippen molar-refractivity contribution >= 4 is 5.97 Å². The van der Waals surface area contributed by atoms with Gasteiger partial charge in [0.05, 0.1) is 26.2 Å². The number of fused-ring (bicyclic) bond motifs is 1. The van der Waals surface area contributed by atoms with E-state index in [1.54, 1.807) is 13.2 Å². The second kappa shape index (κ2) is 6.35. The molecule has 1 heterocycles. The van der Waals surface area contributed by atoms with Crippen LogP contribution in [0.25, 0.3) is 0 Å². The van der Waals surface area contributed by atoms with Crippen molar-refractivity contribution < 1.29 is 24.1 Å². The largest absolute Gasteiger partial charge is 0.496 e. The molecule has 1 aromatic carbocycles. The van der Waals surface area contributed by atoms with Crippen LogP contribution in [0.4, 0.5) is 0 Å². The van der Waals surface area contributed by atoms with Crippen molar-refractivity contribution in [2.75, 3.05) is 14.2 Å². The van der Waals surface area contributed by atoms with Crippen LogP contribution in [0.1, 0.15) is 37.5 Å². The second-order valence-electron chi connectivity index (χ2n) is 5.32. The van der Waals surface area contributed by atoms with Crippen molar-refractivity contribution in [2.45, 2.75) is 38.9 Å². The van der Waals surface area contributed by atoms with Crippen LogP contribution in [0.2, 0.25) is 0 Å². The third-order valence-corrected chi connectivity index (χ3v) is 3.89. The topological polar surface area (TPSA) is 65.0 Å². The van der Waals surface area contributed by atoms with Crippen molar-refractivity contribution in [2.24, 2.45) is 5.92 Å². The maximum atomic E-state index is 11.8. The highest BCUT2D eigenvalue weighted by molar-refractivity contribution is 5.73. The van der Waals surface area contributed by atoms with Crippen LogP contribution in [-0.4, -0.2) is 31.4 Å². The Morgan fingerprint density at radius 1 is 1.48 bits per heavy atom. The zero-order chi connectivity index (χ0) is 15.6. The van der Waals surface area contributed by atoms with Gasteiger partial charge in [-0.25, -0.2) is 0 Å². The van der Waals surface area contributed by atoms with Crippen LogP contribution >= 0.6 is 0 Å². The summed E-state index contributed by atoms with van der Waals surface area (Å²) in [6, 6.07) is 3.65. The summed E-state index contributed by atoms with van der Waals surface area (Å²) in [6.07, 6.45) is 0.420. The summed E-state index contributed by atoms with van der Waals surface area (Å²) in [5.74, 6) is 0.265. The smallest absolute Gasteiger partial charge is 0.311 e. The minimum Gasteiger partial charge on any atom is -0.496 e. The third-order valence-electron chi connectivity index (χ3n) is 3.89. The van der Waals surface area contributed by atoms with Gasteiger partial charge in [-0.05, 0) is 25.5 Å². The summed E-state index contributed by atoms with van der Waals surface area (Å²) >= 11 is 0. The molecule has 0 aromatic heterocycles. The molecule has 0 amide bonds. The number of rotatable bonds is 5. The first-order valence-corrected chi connectivity index (χ1v) is 7.15. The van der Waals surface area contributed by atoms with Gasteiger partial charge in [0.15, 0.2) is 0 Å². The first kappa shape index (κ1) is 15.6. The van der Waals surface area contributed by atoms with Gasteiger partial charge in [0.1, 0.15) is 17.6 Å². The van der Waals surface area contributed by atoms with E-state index in [0.717, 1.165) is 17.7 Å². The lowest BCUT2D eigenvalue weighted by atomic mass is 9.91. The Bertz CT molecular complexity index is 526. The molecule has 0 aliphatic carbocycles. The predicted molar refractivity (Wildman–Crippen MR) is 77.5 cm³/mol. The molecular formula is C16H22O5. The highest BCUT2D eigenvalue weighted by Gasteiger charge is 2.31. The lowest BCUT2D eigenvalue weighted by Crippen LogP contribution is -2.23. The van der Waals surface area contributed by atoms with Gasteiger partial charge >= 0.3 is 5.97 Å². The Labute approximate surface area is 124 Å². The third kappa shape index (κ3) is 2.97. The SMILES string of the molecule is CCC(C(=O)OC)C(O)c1cc2c(cc1OC)CC(C)O2. The van der Waals surface area contributed by atoms with E-state index >= 15 is 0 Å². The highest BCUT2D eigenvalue weighted by Crippen LogP contribution is 2.40. The number of hydrogen-bond acceptors (Lipinski definition) is 5. The van der Waals surface area contributed by atoms with Crippen LogP contribution in [-0.2, 0) is 16.0 Å². The Hall–Kier alpha value is -1.75. The van der Waals surface area contributed by atoms with E-state index in [9.17, 15) is 9.90 Å². The standard InChI is InChI=1S/C16H22O5/c1-5-11(16(18)20-4)15(17)12-8-13-10(6-9(2)21-13)7-14(12)19-3/h7-9,11,15,17H,5-6H2,1-4H3. The quantitative estimate of drug-likeness (QED) is 0.844. The number of ether oxygens (including phenoxy) is 3. The molecule has 1 N–H and O–H groups in total. The molecule has 5 nitrogen and oxygen atoms in total. The van der Waals surface area contributed by atoms with Gasteiger partial charge in [-0.1, -0.05) is 6.92 Å². The number of methoxy groups -OCH3 is 2. The summed E-state index contributed by atoms with van der Waals surface area (Å²) in [5.41, 5.74) is 1.61. The molecule has 0 bridgehead atoms. The molecule has 0 spiro atoms. The van der Waals surface area contributed by atoms with E-state index in [0.29, 0.717) is 17.7 Å². The normalized spacial score (nSPS) is 19.4. The fraction of sp³-hybridized carbons (Fsp3) is 0.562. The van der Waals surface area contributed by atoms with Crippen LogP contribution in [0, 0.1) is 5.92 Å². The van der Waals surface area contributed by atoms with Gasteiger partial charge in [-0.3, -0.25) is 4.79 Å². The number of aliphatic hydroxyl groups excluding tert-OH is 1. The fourth-order valence-electron chi connectivity index (χ4n) is 2.75. The maximum Gasteiger partial charge on any atom is 0.311 e. The van der Waals surface area contributed by atoms with Crippen molar-refractivity contribution in [1.29, 1.82) is 0 Å². The molecule has 0 fully saturated rings. The van der Waals surface area contributed by atoms with Gasteiger partial charge in [-0.15, -0.1) is 0 Å². The Kier molecular flexibility index (Phi) is 4.73. The number of aliphatic hydroxyl groups is 1. The van der Waals surface area contributed by atoms with Crippen molar-refractivity contribution in [3.05, 3.63) is 23.3 Å². The molecule has 0 saturated heterocycles. The Morgan fingerprint density at radius 3 is 2.76 bits per heavy atom. The average molecular weight is 294 g/mol. The molecule has 0 radical (unpaired) electrons. The number of benzene rings is 1. The molecule has 116 valence electrons. The number of esters is 1. The van der Waals surface area contributed by atoms with Crippen molar-refractivity contribution in [3.8, 4) is 11.5 Å². The minimum atomic E-state index is -0.984. The molecular weight excluding hydrogens is 272 g/mol. The van der Waals surface area contributed by atoms with Gasteiger partial charge in [-0.2, -0.15) is 0 Å². The molecule has 2 rings (SSSR count). The highest BCUT2D eigenvalue weighted by atomic mass is 16.5. The van der Waals surface area contributed by atoms with E-state index < -0.39 is 18.0 Å². The fourth-order valence-corrected chi connectivity index (χ4v) is 2.75. The van der Waals surface area contributed by atoms with Crippen molar-refractivity contribution in [3.63, 3.8) is 0 Å². The first-order valence-electron chi connectivity index (χ1n) is 7.15. The molecule has 1 aliphatic rings. The van der Waals surface area contributed by atoms with Gasteiger partial charge in [0.25, 0.3) is 0 Å². The van der Waals surface area contributed by atoms with E-state index in [1.165, 1.54) is 7.11 Å². The monoisotopic (exact) mass is 294 g/mol. The molecule has 1 aromatic rings. The molecule has 21 heavy (non-hydrogen) atoms. The van der Waals surface area contributed by atoms with Crippen molar-refractivity contribution in [1.82, 2.24) is 0 Å². The maximum absolute atomic E-state index is 11.8. The van der Waals surface area contributed by atoms with Crippen LogP contribution in [0.3, 0.4) is 0 Å². The van der Waals surface area contributed by atoms with Gasteiger partial charge < -0.3 is 19.3 Å². The second-order valence-corrected chi connectivity index (χ2v) is 5.32. The molecule has 5 heteroatoms. The lowest BCUT2D eigenvalue weighted by Gasteiger charge is -2.22. The number of carbonyl (C=O) groups excluding carboxylic acids is 1. The zero-order valence-corrected chi connectivity index (χ0v) is 12.9. The van der Waals surface area contributed by atoms with E-state index in [2.05, 4.69) is 0 Å². The Morgan fingerprint density at radius 2 is 2.19 bits per heavy atom. The predicted octanol–water partition coefficient (Wildman–Crippen LogP) is 2.25. The number of hydrogen-bond donors (Lipinski definition) is 1. The van der Waals surface area contributed by atoms with Gasteiger partial charge in [0.2, 0.25) is 0 Å². The number of carbonyl (C=O) groups is 1. The minimum absolute atomic E-state index is 0.111. The van der Waals surface area contributed by atoms with E-state index in [1.807, 2.05) is 19.9 Å². The molecule has 3 atom stereocenters. The zero-order valence-electron chi connectivity index (χ0n) is 12.9. The summed E-state index contributed by atoms with van der Waals surface area (Å²) in [7, 11) is 2.87. The van der Waals surface area contributed by atoms with Crippen LogP contribution in [0.5, 0.6) is 11.5 Å². The summed E-state index contributed by atoms with van der Waals surface area (Å²) in [4.78, 5) is 11.8. The lowest BCUT2D eigenvalue weighted by molar-refractivity contribution is -0.149. The molecule has 0 saturated carbocycles. The molecule has 3 unspecified atom stereocenters. The summed E-state index contributed by atoms with van der Waals surface area (Å²) < 4.78 is 15.8. The van der Waals surface area contributed by atoms with E-state index in [-0.39, 0.29) is 6.10 Å². The first-order chi connectivity index (χ1) is 10.0. The Balaban J connectivity index is 2.38. The van der Waals surface area contributed by atoms with Gasteiger partial charge in [0, 0.05) is 17.5 Å². The summed E-state index contributed by atoms with van der Waals surface area (Å²) in [5, 5.41) is 10.6. The van der Waals surface area contributed by atoms with Crippen LogP contribution < -0.4 is 9.47 Å². The molecule has 1 aliphatic heterocycles. The van der Waals surface area contributed by atoms with E-state index in [4.69, 9.17) is 14.2 Å². The van der Waals surface area contributed by atoms with Crippen LogP contribution in [0.15, 0.2) is 12.1 Å².